The molecule has 0 aromatic heterocycles. The number of carbonyl (C=O) groups excluding carboxylic acids is 1. The Morgan fingerprint density at radius 3 is 2.80 bits per heavy atom. The third kappa shape index (κ3) is 4.61. The molecule has 1 saturated carbocycles. The van der Waals surface area contributed by atoms with E-state index >= 15 is 0 Å². The predicted octanol–water partition coefficient (Wildman–Crippen LogP) is 0.782. The number of amides is 1. The number of rotatable bonds is 1. The zero-order chi connectivity index (χ0) is 14.8. The first-order chi connectivity index (χ1) is 9.33. The van der Waals surface area contributed by atoms with Gasteiger partial charge in [-0.05, 0) is 33.6 Å². The minimum atomic E-state index is -0.512. The highest BCUT2D eigenvalue weighted by Gasteiger charge is 2.35. The second-order valence-electron chi connectivity index (χ2n) is 6.67. The molecule has 0 unspecified atom stereocenters. The largest absolute Gasteiger partial charge is 0.444 e. The zero-order valence-corrected chi connectivity index (χ0v) is 12.5. The Hall–Kier alpha value is -0.850. The molecule has 2 rings (SSSR count). The van der Waals surface area contributed by atoms with E-state index in [1.54, 1.807) is 0 Å². The maximum atomic E-state index is 11.8. The van der Waals surface area contributed by atoms with Crippen LogP contribution in [-0.2, 0) is 9.47 Å². The van der Waals surface area contributed by atoms with Crippen molar-refractivity contribution in [3.8, 4) is 0 Å². The predicted molar refractivity (Wildman–Crippen MR) is 74.5 cm³/mol. The first-order valence-corrected chi connectivity index (χ1v) is 7.36. The maximum absolute atomic E-state index is 11.8. The second-order valence-corrected chi connectivity index (χ2v) is 6.67. The Morgan fingerprint density at radius 2 is 2.10 bits per heavy atom. The molecule has 1 saturated heterocycles. The van der Waals surface area contributed by atoms with E-state index in [0.29, 0.717) is 19.4 Å². The molecule has 116 valence electrons. The summed E-state index contributed by atoms with van der Waals surface area (Å²) in [6.45, 7) is 7.00. The van der Waals surface area contributed by atoms with E-state index in [1.807, 2.05) is 20.8 Å². The quantitative estimate of drug-likeness (QED) is 0.664. The molecule has 1 amide bonds. The van der Waals surface area contributed by atoms with Gasteiger partial charge in [0.15, 0.2) is 0 Å². The normalized spacial score (nSPS) is 34.8. The maximum Gasteiger partial charge on any atom is 0.407 e. The van der Waals surface area contributed by atoms with Crippen LogP contribution in [0, 0.1) is 0 Å². The Bertz CT molecular complexity index is 343. The second kappa shape index (κ2) is 6.28. The summed E-state index contributed by atoms with van der Waals surface area (Å²) < 4.78 is 11.0. The molecule has 1 heterocycles. The summed E-state index contributed by atoms with van der Waals surface area (Å²) in [6, 6.07) is 0.0879. The van der Waals surface area contributed by atoms with Gasteiger partial charge in [0, 0.05) is 25.0 Å². The average molecular weight is 286 g/mol. The molecular weight excluding hydrogens is 260 g/mol. The van der Waals surface area contributed by atoms with E-state index in [2.05, 4.69) is 10.6 Å². The summed E-state index contributed by atoms with van der Waals surface area (Å²) in [5, 5.41) is 16.3. The fourth-order valence-electron chi connectivity index (χ4n) is 2.86. The molecule has 0 aromatic rings. The van der Waals surface area contributed by atoms with Gasteiger partial charge in [-0.3, -0.25) is 0 Å². The van der Waals surface area contributed by atoms with Crippen LogP contribution in [0.3, 0.4) is 0 Å². The van der Waals surface area contributed by atoms with Crippen molar-refractivity contribution in [2.75, 3.05) is 13.2 Å². The van der Waals surface area contributed by atoms with Gasteiger partial charge in [-0.15, -0.1) is 0 Å². The molecule has 3 N–H and O–H groups in total. The summed E-state index contributed by atoms with van der Waals surface area (Å²) in [4.78, 5) is 11.8. The van der Waals surface area contributed by atoms with Gasteiger partial charge in [0.1, 0.15) is 5.60 Å². The fourth-order valence-corrected chi connectivity index (χ4v) is 2.86. The van der Waals surface area contributed by atoms with Crippen LogP contribution in [0.15, 0.2) is 0 Å². The first kappa shape index (κ1) is 15.5. The van der Waals surface area contributed by atoms with E-state index in [4.69, 9.17) is 9.47 Å². The van der Waals surface area contributed by atoms with E-state index < -0.39 is 17.8 Å². The SMILES string of the molecule is CC(C)(C)OC(=O)N[C@H]1C[C@H](O)C[C@@H]2OCCN[C@@H]2C1. The Kier molecular flexibility index (Phi) is 4.88. The number of morpholine rings is 1. The monoisotopic (exact) mass is 286 g/mol. The number of aliphatic hydroxyl groups excluding tert-OH is 1. The summed E-state index contributed by atoms with van der Waals surface area (Å²) in [7, 11) is 0. The number of ether oxygens (including phenoxy) is 2. The van der Waals surface area contributed by atoms with E-state index in [0.717, 1.165) is 13.0 Å². The number of nitrogens with one attached hydrogen (secondary N) is 2. The van der Waals surface area contributed by atoms with Gasteiger partial charge in [-0.2, -0.15) is 0 Å². The van der Waals surface area contributed by atoms with Crippen LogP contribution in [0.1, 0.15) is 40.0 Å². The molecule has 6 heteroatoms. The van der Waals surface area contributed by atoms with Crippen LogP contribution in [-0.4, -0.2) is 54.2 Å². The zero-order valence-electron chi connectivity index (χ0n) is 12.5. The molecule has 6 nitrogen and oxygen atoms in total. The van der Waals surface area contributed by atoms with Crippen molar-refractivity contribution in [1.29, 1.82) is 0 Å². The topological polar surface area (TPSA) is 79.8 Å². The minimum Gasteiger partial charge on any atom is -0.444 e. The molecular formula is C14H26N2O4. The standard InChI is InChI=1S/C14H26N2O4/c1-14(2,3)20-13(18)16-9-6-10(17)8-12-11(7-9)15-4-5-19-12/h9-12,15,17H,4-8H2,1-3H3,(H,16,18)/t9-,10-,11+,12-/m0/s1. The lowest BCUT2D eigenvalue weighted by Gasteiger charge is -2.32. The molecule has 2 fully saturated rings. The van der Waals surface area contributed by atoms with Gasteiger partial charge in [0.2, 0.25) is 0 Å². The van der Waals surface area contributed by atoms with Gasteiger partial charge in [-0.25, -0.2) is 4.79 Å². The van der Waals surface area contributed by atoms with Crippen molar-refractivity contribution in [2.24, 2.45) is 0 Å². The van der Waals surface area contributed by atoms with Crippen molar-refractivity contribution in [3.63, 3.8) is 0 Å². The van der Waals surface area contributed by atoms with Crippen LogP contribution < -0.4 is 10.6 Å². The van der Waals surface area contributed by atoms with Crippen molar-refractivity contribution in [3.05, 3.63) is 0 Å². The van der Waals surface area contributed by atoms with E-state index in [-0.39, 0.29) is 18.2 Å². The van der Waals surface area contributed by atoms with Gasteiger partial charge in [-0.1, -0.05) is 0 Å². The van der Waals surface area contributed by atoms with E-state index in [1.165, 1.54) is 0 Å². The Labute approximate surface area is 120 Å². The molecule has 1 aliphatic carbocycles. The molecule has 0 radical (unpaired) electrons. The van der Waals surface area contributed by atoms with Crippen LogP contribution in [0.4, 0.5) is 4.79 Å². The van der Waals surface area contributed by atoms with Gasteiger partial charge in [0.05, 0.1) is 18.8 Å². The summed E-state index contributed by atoms with van der Waals surface area (Å²) in [5.41, 5.74) is -0.512. The molecule has 0 aromatic carbocycles. The number of alkyl carbamates (subject to hydrolysis) is 1. The van der Waals surface area contributed by atoms with Crippen molar-refractivity contribution >= 4 is 6.09 Å². The first-order valence-electron chi connectivity index (χ1n) is 7.36. The van der Waals surface area contributed by atoms with Crippen LogP contribution in [0.5, 0.6) is 0 Å². The molecule has 2 aliphatic rings. The third-order valence-corrected chi connectivity index (χ3v) is 3.61. The third-order valence-electron chi connectivity index (χ3n) is 3.61. The van der Waals surface area contributed by atoms with Crippen LogP contribution >= 0.6 is 0 Å². The lowest BCUT2D eigenvalue weighted by molar-refractivity contribution is -0.0250. The fraction of sp³-hybridized carbons (Fsp3) is 0.929. The summed E-state index contributed by atoms with van der Waals surface area (Å²) in [6.07, 6.45) is 1.06. The lowest BCUT2D eigenvalue weighted by atomic mass is 10.0. The number of hydrogen-bond acceptors (Lipinski definition) is 5. The number of hydrogen-bond donors (Lipinski definition) is 3. The van der Waals surface area contributed by atoms with Crippen LogP contribution in [0.2, 0.25) is 0 Å². The molecule has 0 bridgehead atoms. The van der Waals surface area contributed by atoms with Gasteiger partial charge >= 0.3 is 6.09 Å². The highest BCUT2D eigenvalue weighted by Crippen LogP contribution is 2.23. The average Bonchev–Trinajstić information content (AvgIpc) is 2.43. The number of carbonyl (C=O) groups is 1. The molecule has 4 atom stereocenters. The van der Waals surface area contributed by atoms with Crippen molar-refractivity contribution in [1.82, 2.24) is 10.6 Å². The highest BCUT2D eigenvalue weighted by atomic mass is 16.6. The lowest BCUT2D eigenvalue weighted by Crippen LogP contribution is -2.50. The molecule has 0 spiro atoms. The van der Waals surface area contributed by atoms with Gasteiger partial charge in [0.25, 0.3) is 0 Å². The highest BCUT2D eigenvalue weighted by molar-refractivity contribution is 5.68. The van der Waals surface area contributed by atoms with E-state index in [9.17, 15) is 9.90 Å². The number of aliphatic hydroxyl groups is 1. The summed E-state index contributed by atoms with van der Waals surface area (Å²) in [5.74, 6) is 0. The van der Waals surface area contributed by atoms with Crippen LogP contribution in [0.25, 0.3) is 0 Å². The minimum absolute atomic E-state index is 0.0317. The summed E-state index contributed by atoms with van der Waals surface area (Å²) >= 11 is 0. The molecule has 20 heavy (non-hydrogen) atoms. The molecule has 1 aliphatic heterocycles. The van der Waals surface area contributed by atoms with Gasteiger partial charge < -0.3 is 25.2 Å². The number of fused-ring (bicyclic) bond motifs is 1. The van der Waals surface area contributed by atoms with Crippen molar-refractivity contribution < 1.29 is 19.4 Å². The Morgan fingerprint density at radius 1 is 1.35 bits per heavy atom. The smallest absolute Gasteiger partial charge is 0.407 e. The van der Waals surface area contributed by atoms with Crippen molar-refractivity contribution in [2.45, 2.75) is 69.9 Å². The Balaban J connectivity index is 1.92.